The third-order valence-corrected chi connectivity index (χ3v) is 16.2. The molecule has 0 amide bonds. The molecule has 9 aromatic rings. The predicted molar refractivity (Wildman–Crippen MR) is 244 cm³/mol. The summed E-state index contributed by atoms with van der Waals surface area (Å²) in [4.78, 5) is 4.78. The van der Waals surface area contributed by atoms with Gasteiger partial charge in [-0.25, -0.2) is 0 Å². The zero-order valence-electron chi connectivity index (χ0n) is 31.5. The Morgan fingerprint density at radius 2 is 0.667 bits per heavy atom. The quantitative estimate of drug-likeness (QED) is 0.136. The van der Waals surface area contributed by atoms with E-state index in [2.05, 4.69) is 252 Å². The maximum absolute atomic E-state index is 2.70. The fraction of sp³-hybridized carbons (Fsp3) is 0. The van der Waals surface area contributed by atoms with E-state index in [1.807, 2.05) is 0 Å². The van der Waals surface area contributed by atoms with Crippen LogP contribution >= 0.6 is 0 Å². The van der Waals surface area contributed by atoms with Crippen molar-refractivity contribution in [2.45, 2.75) is 0 Å². The normalized spacial score (nSPS) is 12.4. The second-order valence-electron chi connectivity index (χ2n) is 14.5. The first-order valence-electron chi connectivity index (χ1n) is 19.6. The minimum atomic E-state index is -2.70. The lowest BCUT2D eigenvalue weighted by atomic mass is 9.92. The maximum atomic E-state index is 2.42. The minimum absolute atomic E-state index is 1.08. The van der Waals surface area contributed by atoms with Gasteiger partial charge in [-0.05, 0) is 98.1 Å². The molecule has 57 heavy (non-hydrogen) atoms. The van der Waals surface area contributed by atoms with E-state index < -0.39 is 8.07 Å². The number of para-hydroxylation sites is 4. The van der Waals surface area contributed by atoms with Crippen LogP contribution in [0.2, 0.25) is 0 Å². The number of hydrogen-bond acceptors (Lipinski definition) is 2. The van der Waals surface area contributed by atoms with Crippen molar-refractivity contribution in [3.05, 3.63) is 243 Å². The Kier molecular flexibility index (Phi) is 8.90. The molecule has 1 aliphatic heterocycles. The van der Waals surface area contributed by atoms with E-state index in [-0.39, 0.29) is 0 Å². The summed E-state index contributed by atoms with van der Waals surface area (Å²) >= 11 is 0. The highest BCUT2D eigenvalue weighted by Gasteiger charge is 2.49. The average Bonchev–Trinajstić information content (AvgIpc) is 3.60. The van der Waals surface area contributed by atoms with Gasteiger partial charge in [-0.3, -0.25) is 0 Å². The molecule has 10 rings (SSSR count). The predicted octanol–water partition coefficient (Wildman–Crippen LogP) is 11.7. The van der Waals surface area contributed by atoms with Gasteiger partial charge in [0.2, 0.25) is 0 Å². The summed E-state index contributed by atoms with van der Waals surface area (Å²) in [5.74, 6) is 0. The van der Waals surface area contributed by atoms with Crippen molar-refractivity contribution in [3.63, 3.8) is 0 Å². The van der Waals surface area contributed by atoms with E-state index in [4.69, 9.17) is 0 Å². The van der Waals surface area contributed by atoms with Gasteiger partial charge >= 0.3 is 0 Å². The zero-order valence-corrected chi connectivity index (χ0v) is 32.5. The first-order chi connectivity index (χ1) is 28.3. The molecule has 270 valence electrons. The molecule has 0 bridgehead atoms. The molecular weight excluding hydrogens is 705 g/mol. The molecule has 0 fully saturated rings. The molecule has 0 spiro atoms. The van der Waals surface area contributed by atoms with Crippen LogP contribution < -0.4 is 30.5 Å². The lowest BCUT2D eigenvalue weighted by Crippen LogP contribution is -2.72. The average molecular weight is 745 g/mol. The summed E-state index contributed by atoms with van der Waals surface area (Å²) in [6.45, 7) is 0. The molecule has 1 aliphatic rings. The monoisotopic (exact) mass is 744 g/mol. The number of anilines is 6. The summed E-state index contributed by atoms with van der Waals surface area (Å²) < 4.78 is 0. The van der Waals surface area contributed by atoms with Crippen LogP contribution in [0, 0.1) is 0 Å². The van der Waals surface area contributed by atoms with Crippen LogP contribution in [0.3, 0.4) is 0 Å². The molecule has 1 heterocycles. The van der Waals surface area contributed by atoms with Gasteiger partial charge in [0.25, 0.3) is 0 Å². The maximum Gasteiger partial charge on any atom is 0.180 e. The van der Waals surface area contributed by atoms with Crippen LogP contribution in [0.1, 0.15) is 0 Å². The molecule has 0 aromatic heterocycles. The molecule has 0 atom stereocenters. The van der Waals surface area contributed by atoms with Gasteiger partial charge in [-0.2, -0.15) is 0 Å². The molecule has 0 unspecified atom stereocenters. The van der Waals surface area contributed by atoms with Gasteiger partial charge in [0.15, 0.2) is 8.07 Å². The van der Waals surface area contributed by atoms with Gasteiger partial charge in [0, 0.05) is 34.0 Å². The third kappa shape index (κ3) is 5.88. The number of hydrogen-bond donors (Lipinski definition) is 0. The Labute approximate surface area is 336 Å². The summed E-state index contributed by atoms with van der Waals surface area (Å²) in [7, 11) is -2.70. The van der Waals surface area contributed by atoms with Gasteiger partial charge in [-0.1, -0.05) is 182 Å². The number of rotatable bonds is 9. The van der Waals surface area contributed by atoms with E-state index >= 15 is 0 Å². The van der Waals surface area contributed by atoms with Crippen molar-refractivity contribution in [1.29, 1.82) is 0 Å². The number of benzene rings is 9. The lowest BCUT2D eigenvalue weighted by molar-refractivity contribution is 1.25. The highest BCUT2D eigenvalue weighted by atomic mass is 28.3. The van der Waals surface area contributed by atoms with Crippen LogP contribution in [-0.4, -0.2) is 8.07 Å². The van der Waals surface area contributed by atoms with E-state index in [0.717, 1.165) is 34.1 Å². The fourth-order valence-electron chi connectivity index (χ4n) is 8.97. The van der Waals surface area contributed by atoms with Gasteiger partial charge < -0.3 is 9.80 Å². The van der Waals surface area contributed by atoms with Crippen LogP contribution in [-0.2, 0) is 0 Å². The van der Waals surface area contributed by atoms with Gasteiger partial charge in [-0.15, -0.1) is 0 Å². The van der Waals surface area contributed by atoms with Crippen molar-refractivity contribution in [2.75, 3.05) is 9.80 Å². The Morgan fingerprint density at radius 3 is 1.18 bits per heavy atom. The summed E-state index contributed by atoms with van der Waals surface area (Å²) in [5, 5.41) is 5.65. The first kappa shape index (κ1) is 34.3. The molecule has 0 N–H and O–H groups in total. The number of fused-ring (bicyclic) bond motifs is 3. The molecule has 0 radical (unpaired) electrons. The lowest BCUT2D eigenvalue weighted by Gasteiger charge is -2.32. The van der Waals surface area contributed by atoms with Crippen molar-refractivity contribution < 1.29 is 0 Å². The van der Waals surface area contributed by atoms with Crippen molar-refractivity contribution in [2.24, 2.45) is 0 Å². The molecular formula is C54H40N2Si. The standard InChI is InChI=1S/C54H40N2Si/c1-7-22-41(23-8-1)55(42-24-9-2-10-25-42)45-38-39-48(51(40-45)56(43-26-11-3-12-27-43)44-28-13-4-14-29-44)49-35-21-37-53-54(49)50-34-19-20-36-52(50)57(53,46-30-15-5-16-31-46)47-32-17-6-18-33-47/h1-40H. The van der Waals surface area contributed by atoms with E-state index in [1.165, 1.54) is 43.0 Å². The minimum Gasteiger partial charge on any atom is -0.310 e. The second kappa shape index (κ2) is 14.8. The van der Waals surface area contributed by atoms with E-state index in [9.17, 15) is 0 Å². The summed E-state index contributed by atoms with van der Waals surface area (Å²) in [5.41, 5.74) is 11.6. The Balaban J connectivity index is 1.29. The molecule has 0 saturated heterocycles. The largest absolute Gasteiger partial charge is 0.310 e. The van der Waals surface area contributed by atoms with E-state index in [1.54, 1.807) is 0 Å². The Morgan fingerprint density at radius 1 is 0.263 bits per heavy atom. The molecule has 3 heteroatoms. The molecule has 9 aromatic carbocycles. The van der Waals surface area contributed by atoms with E-state index in [0.29, 0.717) is 0 Å². The highest BCUT2D eigenvalue weighted by molar-refractivity contribution is 7.22. The van der Waals surface area contributed by atoms with Crippen molar-refractivity contribution >= 4 is 62.9 Å². The molecule has 2 nitrogen and oxygen atoms in total. The first-order valence-corrected chi connectivity index (χ1v) is 21.6. The smallest absolute Gasteiger partial charge is 0.180 e. The van der Waals surface area contributed by atoms with Crippen LogP contribution in [0.15, 0.2) is 243 Å². The Hall–Kier alpha value is -7.20. The molecule has 0 saturated carbocycles. The van der Waals surface area contributed by atoms with Gasteiger partial charge in [0.05, 0.1) is 5.69 Å². The third-order valence-electron chi connectivity index (χ3n) is 11.3. The Bertz CT molecular complexity index is 2660. The van der Waals surface area contributed by atoms with Crippen LogP contribution in [0.4, 0.5) is 34.1 Å². The second-order valence-corrected chi connectivity index (χ2v) is 18.2. The summed E-state index contributed by atoms with van der Waals surface area (Å²) in [6.07, 6.45) is 0. The van der Waals surface area contributed by atoms with Gasteiger partial charge in [0.1, 0.15) is 0 Å². The number of nitrogens with zero attached hydrogens (tertiary/aromatic N) is 2. The SMILES string of the molecule is c1ccc(N(c2ccccc2)c2ccc(-c3cccc4c3-c3ccccc3[Si]4(c3ccccc3)c3ccccc3)c(N(c3ccccc3)c3ccccc3)c2)cc1. The fourth-order valence-corrected chi connectivity index (χ4v) is 14.2. The zero-order chi connectivity index (χ0) is 38.0. The molecule has 0 aliphatic carbocycles. The highest BCUT2D eigenvalue weighted by Crippen LogP contribution is 2.47. The summed E-state index contributed by atoms with van der Waals surface area (Å²) in [6, 6.07) is 88.7. The van der Waals surface area contributed by atoms with Crippen molar-refractivity contribution in [3.8, 4) is 22.3 Å². The van der Waals surface area contributed by atoms with Crippen LogP contribution in [0.5, 0.6) is 0 Å². The topological polar surface area (TPSA) is 6.48 Å². The van der Waals surface area contributed by atoms with Crippen molar-refractivity contribution in [1.82, 2.24) is 0 Å². The van der Waals surface area contributed by atoms with Crippen LogP contribution in [0.25, 0.3) is 22.3 Å².